The quantitative estimate of drug-likeness (QED) is 0.319. The molecule has 0 bridgehead atoms. The minimum atomic E-state index is -5.09. The summed E-state index contributed by atoms with van der Waals surface area (Å²) in [7, 11) is 0.945. The Bertz CT molecular complexity index is 861. The molecular formula is C22H22F6O2Si. The zero-order chi connectivity index (χ0) is 22.6. The van der Waals surface area contributed by atoms with Crippen molar-refractivity contribution < 1.29 is 35.8 Å². The standard InChI is InChI=1S/C22H22F6O2Si/c1-31-13-14-2-4-15(5-3-14)16-6-8-17(9-7-16)21(24,25)29-18-10-11-20(19(23)12-18)30-22(26,27)28/h6-12,14-15H,2-5,13H2,1H3. The highest BCUT2D eigenvalue weighted by atomic mass is 28.2. The fourth-order valence-electron chi connectivity index (χ4n) is 3.90. The van der Waals surface area contributed by atoms with Gasteiger partial charge in [-0.05, 0) is 54.5 Å². The number of benzene rings is 2. The molecule has 0 aromatic heterocycles. The molecule has 2 aromatic carbocycles. The molecule has 1 aliphatic carbocycles. The molecule has 0 unspecified atom stereocenters. The van der Waals surface area contributed by atoms with Crippen molar-refractivity contribution in [1.29, 1.82) is 0 Å². The van der Waals surface area contributed by atoms with Crippen molar-refractivity contribution in [3.63, 3.8) is 0 Å². The Kier molecular flexibility index (Phi) is 7.23. The minimum absolute atomic E-state index is 0.343. The van der Waals surface area contributed by atoms with Gasteiger partial charge in [0.15, 0.2) is 11.6 Å². The van der Waals surface area contributed by atoms with Crippen LogP contribution in [0.3, 0.4) is 0 Å². The molecule has 31 heavy (non-hydrogen) atoms. The molecule has 3 rings (SSSR count). The maximum Gasteiger partial charge on any atom is 0.573 e. The molecule has 0 heterocycles. The van der Waals surface area contributed by atoms with Gasteiger partial charge in [0, 0.05) is 15.6 Å². The molecule has 1 fully saturated rings. The predicted octanol–water partition coefficient (Wildman–Crippen LogP) is 7.30. The first-order chi connectivity index (χ1) is 14.6. The van der Waals surface area contributed by atoms with Gasteiger partial charge in [0.1, 0.15) is 5.75 Å². The highest BCUT2D eigenvalue weighted by molar-refractivity contribution is 6.33. The molecule has 1 aliphatic rings. The van der Waals surface area contributed by atoms with E-state index in [2.05, 4.69) is 16.0 Å². The van der Waals surface area contributed by atoms with Crippen molar-refractivity contribution in [2.24, 2.45) is 5.92 Å². The number of hydrogen-bond donors (Lipinski definition) is 0. The van der Waals surface area contributed by atoms with Gasteiger partial charge in [-0.1, -0.05) is 37.6 Å². The Hall–Kier alpha value is -2.16. The van der Waals surface area contributed by atoms with E-state index in [-0.39, 0.29) is 0 Å². The molecule has 0 atom stereocenters. The molecular weight excluding hydrogens is 438 g/mol. The van der Waals surface area contributed by atoms with E-state index in [0.29, 0.717) is 18.1 Å². The monoisotopic (exact) mass is 460 g/mol. The topological polar surface area (TPSA) is 18.5 Å². The van der Waals surface area contributed by atoms with Crippen molar-refractivity contribution in [1.82, 2.24) is 0 Å². The van der Waals surface area contributed by atoms with Gasteiger partial charge in [0.2, 0.25) is 0 Å². The maximum atomic E-state index is 14.5. The lowest BCUT2D eigenvalue weighted by atomic mass is 9.79. The lowest BCUT2D eigenvalue weighted by molar-refractivity contribution is -0.275. The molecule has 168 valence electrons. The van der Waals surface area contributed by atoms with Crippen LogP contribution in [0.15, 0.2) is 42.5 Å². The summed E-state index contributed by atoms with van der Waals surface area (Å²) in [4.78, 5) is 0. The lowest BCUT2D eigenvalue weighted by Crippen LogP contribution is -2.22. The van der Waals surface area contributed by atoms with E-state index in [1.807, 2.05) is 0 Å². The molecule has 0 saturated heterocycles. The summed E-state index contributed by atoms with van der Waals surface area (Å²) in [5.41, 5.74) is 0.574. The van der Waals surface area contributed by atoms with Gasteiger partial charge in [-0.25, -0.2) is 4.39 Å². The summed E-state index contributed by atoms with van der Waals surface area (Å²) in [5.74, 6) is -2.10. The van der Waals surface area contributed by atoms with Crippen LogP contribution in [-0.2, 0) is 6.11 Å². The van der Waals surface area contributed by atoms with Gasteiger partial charge in [-0.3, -0.25) is 0 Å². The van der Waals surface area contributed by atoms with Crippen LogP contribution in [0.5, 0.6) is 11.5 Å². The fourth-order valence-corrected chi connectivity index (χ4v) is 4.88. The molecule has 9 heteroatoms. The van der Waals surface area contributed by atoms with Crippen molar-refractivity contribution in [3.05, 3.63) is 59.4 Å². The van der Waals surface area contributed by atoms with Crippen LogP contribution >= 0.6 is 0 Å². The van der Waals surface area contributed by atoms with Crippen LogP contribution in [0.4, 0.5) is 26.3 Å². The summed E-state index contributed by atoms with van der Waals surface area (Å²) in [6.45, 7) is 2.20. The van der Waals surface area contributed by atoms with E-state index in [1.165, 1.54) is 18.2 Å². The Morgan fingerprint density at radius 2 is 1.55 bits per heavy atom. The fraction of sp³-hybridized carbons (Fsp3) is 0.455. The van der Waals surface area contributed by atoms with Gasteiger partial charge in [-0.2, -0.15) is 8.78 Å². The third-order valence-electron chi connectivity index (χ3n) is 5.43. The average molecular weight is 460 g/mol. The van der Waals surface area contributed by atoms with Crippen LogP contribution in [0.1, 0.15) is 42.7 Å². The second kappa shape index (κ2) is 9.54. The first-order valence-electron chi connectivity index (χ1n) is 9.94. The zero-order valence-electron chi connectivity index (χ0n) is 16.8. The average Bonchev–Trinajstić information content (AvgIpc) is 2.70. The molecule has 2 radical (unpaired) electrons. The van der Waals surface area contributed by atoms with Crippen LogP contribution in [0.25, 0.3) is 0 Å². The van der Waals surface area contributed by atoms with Gasteiger partial charge < -0.3 is 9.47 Å². The molecule has 2 nitrogen and oxygen atoms in total. The highest BCUT2D eigenvalue weighted by Gasteiger charge is 2.36. The van der Waals surface area contributed by atoms with Crippen molar-refractivity contribution in [3.8, 4) is 11.5 Å². The third-order valence-corrected chi connectivity index (χ3v) is 6.42. The first kappa shape index (κ1) is 23.5. The van der Waals surface area contributed by atoms with E-state index in [1.54, 1.807) is 12.1 Å². The van der Waals surface area contributed by atoms with Gasteiger partial charge in [0.05, 0.1) is 5.56 Å². The Morgan fingerprint density at radius 3 is 2.10 bits per heavy atom. The van der Waals surface area contributed by atoms with Gasteiger partial charge in [0.25, 0.3) is 0 Å². The van der Waals surface area contributed by atoms with Crippen LogP contribution in [-0.4, -0.2) is 15.9 Å². The Labute approximate surface area is 179 Å². The highest BCUT2D eigenvalue weighted by Crippen LogP contribution is 2.39. The van der Waals surface area contributed by atoms with Crippen LogP contribution < -0.4 is 9.47 Å². The SMILES string of the molecule is C[Si]CC1CCC(c2ccc(C(F)(F)Oc3ccc(OC(F)(F)F)c(F)c3)cc2)CC1. The predicted molar refractivity (Wildman–Crippen MR) is 105 cm³/mol. The first-order valence-corrected chi connectivity index (χ1v) is 11.7. The molecule has 0 N–H and O–H groups in total. The molecule has 2 aromatic rings. The van der Waals surface area contributed by atoms with E-state index in [4.69, 9.17) is 0 Å². The molecule has 0 spiro atoms. The summed E-state index contributed by atoms with van der Waals surface area (Å²) in [6.07, 6.45) is -4.51. The zero-order valence-corrected chi connectivity index (χ0v) is 17.8. The number of halogens is 6. The van der Waals surface area contributed by atoms with Crippen LogP contribution in [0, 0.1) is 11.7 Å². The van der Waals surface area contributed by atoms with E-state index in [0.717, 1.165) is 52.8 Å². The Balaban J connectivity index is 1.65. The number of rotatable bonds is 7. The second-order valence-electron chi connectivity index (χ2n) is 7.66. The van der Waals surface area contributed by atoms with Crippen molar-refractivity contribution in [2.45, 2.75) is 56.7 Å². The van der Waals surface area contributed by atoms with Crippen molar-refractivity contribution in [2.75, 3.05) is 0 Å². The maximum absolute atomic E-state index is 14.5. The van der Waals surface area contributed by atoms with Crippen molar-refractivity contribution >= 4 is 9.52 Å². The minimum Gasteiger partial charge on any atom is -0.429 e. The van der Waals surface area contributed by atoms with E-state index < -0.39 is 35.4 Å². The summed E-state index contributed by atoms with van der Waals surface area (Å²) < 4.78 is 87.4. The number of hydrogen-bond acceptors (Lipinski definition) is 2. The lowest BCUT2D eigenvalue weighted by Gasteiger charge is -2.29. The van der Waals surface area contributed by atoms with Crippen LogP contribution in [0.2, 0.25) is 12.6 Å². The third kappa shape index (κ3) is 6.41. The summed E-state index contributed by atoms with van der Waals surface area (Å²) in [5, 5.41) is 0. The molecule has 0 aliphatic heterocycles. The van der Waals surface area contributed by atoms with Gasteiger partial charge in [-0.15, -0.1) is 13.2 Å². The Morgan fingerprint density at radius 1 is 0.903 bits per heavy atom. The number of alkyl halides is 5. The van der Waals surface area contributed by atoms with E-state index >= 15 is 0 Å². The second-order valence-corrected chi connectivity index (χ2v) is 8.77. The smallest absolute Gasteiger partial charge is 0.429 e. The largest absolute Gasteiger partial charge is 0.573 e. The van der Waals surface area contributed by atoms with E-state index in [9.17, 15) is 26.3 Å². The van der Waals surface area contributed by atoms with Gasteiger partial charge >= 0.3 is 12.5 Å². The number of ether oxygens (including phenoxy) is 2. The normalized spacial score (nSPS) is 19.8. The molecule has 0 amide bonds. The summed E-state index contributed by atoms with van der Waals surface area (Å²) >= 11 is 0. The molecule has 1 saturated carbocycles. The summed E-state index contributed by atoms with van der Waals surface area (Å²) in [6, 6.07) is 8.91.